The second-order valence-corrected chi connectivity index (χ2v) is 6.40. The van der Waals surface area contributed by atoms with Gasteiger partial charge < -0.3 is 4.57 Å². The van der Waals surface area contributed by atoms with Gasteiger partial charge in [0.25, 0.3) is 0 Å². The Bertz CT molecular complexity index is 731. The van der Waals surface area contributed by atoms with E-state index in [4.69, 9.17) is 0 Å². The highest BCUT2D eigenvalue weighted by Gasteiger charge is 2.16. The Hall–Kier alpha value is -2.27. The minimum Gasteiger partial charge on any atom is -0.327 e. The molecule has 0 fully saturated rings. The van der Waals surface area contributed by atoms with Crippen molar-refractivity contribution in [3.63, 3.8) is 0 Å². The van der Waals surface area contributed by atoms with Gasteiger partial charge in [-0.25, -0.2) is 4.98 Å². The van der Waals surface area contributed by atoms with Crippen molar-refractivity contribution in [2.75, 3.05) is 0 Å². The van der Waals surface area contributed by atoms with Crippen molar-refractivity contribution in [1.29, 1.82) is 0 Å². The predicted molar refractivity (Wildman–Crippen MR) is 88.9 cm³/mol. The lowest BCUT2D eigenvalue weighted by atomic mass is 9.82. The van der Waals surface area contributed by atoms with Gasteiger partial charge in [0.1, 0.15) is 5.69 Å². The third-order valence-electron chi connectivity index (χ3n) is 3.63. The first-order chi connectivity index (χ1) is 9.79. The molecule has 2 aromatic rings. The number of hydrogen-bond acceptors (Lipinski definition) is 1. The minimum atomic E-state index is 0.0575. The van der Waals surface area contributed by atoms with Gasteiger partial charge in [0.2, 0.25) is 0 Å². The van der Waals surface area contributed by atoms with Crippen molar-refractivity contribution in [1.82, 2.24) is 9.55 Å². The lowest BCUT2D eigenvalue weighted by Gasteiger charge is -2.22. The number of aromatic nitrogens is 2. The molecule has 21 heavy (non-hydrogen) atoms. The maximum atomic E-state index is 4.23. The first-order valence-electron chi connectivity index (χ1n) is 7.08. The number of allylic oxidation sites excluding steroid dienone is 1. The molecule has 2 heteroatoms. The van der Waals surface area contributed by atoms with Gasteiger partial charge in [0, 0.05) is 12.6 Å². The van der Waals surface area contributed by atoms with Crippen molar-refractivity contribution in [3.05, 3.63) is 59.7 Å². The fraction of sp³-hybridized carbons (Fsp3) is 0.316. The smallest absolute Gasteiger partial charge is 0.112 e. The highest BCUT2D eigenvalue weighted by molar-refractivity contribution is 5.69. The van der Waals surface area contributed by atoms with Crippen LogP contribution in [0.2, 0.25) is 0 Å². The second-order valence-electron chi connectivity index (χ2n) is 6.40. The van der Waals surface area contributed by atoms with Gasteiger partial charge in [-0.1, -0.05) is 45.4 Å². The molecule has 0 aliphatic heterocycles. The topological polar surface area (TPSA) is 17.8 Å². The molecule has 0 spiro atoms. The van der Waals surface area contributed by atoms with Crippen LogP contribution in [0.1, 0.15) is 43.2 Å². The molecule has 0 radical (unpaired) electrons. The maximum absolute atomic E-state index is 4.23. The Morgan fingerprint density at radius 3 is 2.52 bits per heavy atom. The zero-order chi connectivity index (χ0) is 15.6. The van der Waals surface area contributed by atoms with Crippen LogP contribution >= 0.6 is 0 Å². The van der Waals surface area contributed by atoms with Gasteiger partial charge in [-0.2, -0.15) is 0 Å². The average Bonchev–Trinajstić information content (AvgIpc) is 2.81. The molecular weight excluding hydrogens is 256 g/mol. The third-order valence-corrected chi connectivity index (χ3v) is 3.63. The molecule has 1 aromatic carbocycles. The van der Waals surface area contributed by atoms with Gasteiger partial charge in [-0.05, 0) is 41.0 Å². The molecule has 0 aliphatic carbocycles. The van der Waals surface area contributed by atoms with Gasteiger partial charge in [-0.3, -0.25) is 0 Å². The zero-order valence-corrected chi connectivity index (χ0v) is 13.5. The summed E-state index contributed by atoms with van der Waals surface area (Å²) in [5.41, 5.74) is 5.47. The Morgan fingerprint density at radius 1 is 1.24 bits per heavy atom. The summed E-state index contributed by atoms with van der Waals surface area (Å²) >= 11 is 0. The average molecular weight is 278 g/mol. The summed E-state index contributed by atoms with van der Waals surface area (Å²) < 4.78 is 1.92. The monoisotopic (exact) mass is 278 g/mol. The first kappa shape index (κ1) is 15.1. The zero-order valence-electron chi connectivity index (χ0n) is 13.5. The van der Waals surface area contributed by atoms with Crippen LogP contribution in [0.3, 0.4) is 0 Å². The Balaban J connectivity index is 2.40. The van der Waals surface area contributed by atoms with E-state index in [1.807, 2.05) is 11.6 Å². The fourth-order valence-corrected chi connectivity index (χ4v) is 1.99. The highest BCUT2D eigenvalue weighted by atomic mass is 15.0. The van der Waals surface area contributed by atoms with Crippen LogP contribution in [0.25, 0.3) is 5.57 Å². The van der Waals surface area contributed by atoms with Crippen molar-refractivity contribution in [2.24, 2.45) is 12.5 Å². The van der Waals surface area contributed by atoms with E-state index < -0.39 is 0 Å². The molecule has 0 N–H and O–H groups in total. The Morgan fingerprint density at radius 2 is 1.95 bits per heavy atom. The molecule has 2 rings (SSSR count). The largest absolute Gasteiger partial charge is 0.327 e. The Kier molecular flexibility index (Phi) is 4.04. The molecule has 0 saturated heterocycles. The SMILES string of the molecule is C=C(c1ccc(C)c(C#Cc2cncn2C)c1)C(C)(C)C. The summed E-state index contributed by atoms with van der Waals surface area (Å²) in [7, 11) is 1.95. The first-order valence-corrected chi connectivity index (χ1v) is 7.08. The molecule has 2 nitrogen and oxygen atoms in total. The fourth-order valence-electron chi connectivity index (χ4n) is 1.99. The molecular formula is C19H22N2. The van der Waals surface area contributed by atoms with E-state index in [9.17, 15) is 0 Å². The summed E-state index contributed by atoms with van der Waals surface area (Å²) in [5.74, 6) is 6.43. The van der Waals surface area contributed by atoms with Gasteiger partial charge >= 0.3 is 0 Å². The van der Waals surface area contributed by atoms with Crippen LogP contribution in [0.15, 0.2) is 37.3 Å². The van der Waals surface area contributed by atoms with Crippen LogP contribution in [0.5, 0.6) is 0 Å². The van der Waals surface area contributed by atoms with Gasteiger partial charge in [0.05, 0.1) is 12.5 Å². The molecule has 1 aromatic heterocycles. The predicted octanol–water partition coefficient (Wildman–Crippen LogP) is 4.19. The van der Waals surface area contributed by atoms with Gasteiger partial charge in [0.15, 0.2) is 0 Å². The van der Waals surface area contributed by atoms with E-state index in [1.54, 1.807) is 12.5 Å². The van der Waals surface area contributed by atoms with Crippen LogP contribution in [0, 0.1) is 24.2 Å². The van der Waals surface area contributed by atoms with E-state index in [0.717, 1.165) is 22.4 Å². The maximum Gasteiger partial charge on any atom is 0.112 e. The standard InChI is InChI=1S/C19H22N2/c1-14-7-8-17(15(2)19(3,4)5)11-16(14)9-10-18-12-20-13-21(18)6/h7-8,11-13H,2H2,1,3-6H3. The molecule has 0 unspecified atom stereocenters. The number of rotatable bonds is 1. The lowest BCUT2D eigenvalue weighted by Crippen LogP contribution is -2.07. The normalized spacial score (nSPS) is 10.9. The quantitative estimate of drug-likeness (QED) is 0.715. The number of hydrogen-bond donors (Lipinski definition) is 0. The molecule has 1 heterocycles. The Labute approximate surface area is 127 Å². The summed E-state index contributed by atoms with van der Waals surface area (Å²) in [5, 5.41) is 0. The summed E-state index contributed by atoms with van der Waals surface area (Å²) in [6.45, 7) is 12.8. The molecule has 0 aliphatic rings. The van der Waals surface area contributed by atoms with Crippen molar-refractivity contribution in [3.8, 4) is 11.8 Å². The number of imidazole rings is 1. The number of aryl methyl sites for hydroxylation is 2. The summed E-state index contributed by atoms with van der Waals surface area (Å²) in [4.78, 5) is 4.08. The summed E-state index contributed by atoms with van der Waals surface area (Å²) in [6, 6.07) is 6.37. The number of nitrogens with zero attached hydrogens (tertiary/aromatic N) is 2. The van der Waals surface area contributed by atoms with Gasteiger partial charge in [-0.15, -0.1) is 0 Å². The molecule has 0 saturated carbocycles. The molecule has 108 valence electrons. The van der Waals surface area contributed by atoms with Crippen molar-refractivity contribution in [2.45, 2.75) is 27.7 Å². The van der Waals surface area contributed by atoms with E-state index in [2.05, 4.69) is 69.3 Å². The molecule has 0 bridgehead atoms. The van der Waals surface area contributed by atoms with Crippen molar-refractivity contribution < 1.29 is 0 Å². The minimum absolute atomic E-state index is 0.0575. The summed E-state index contributed by atoms with van der Waals surface area (Å²) in [6.07, 6.45) is 3.54. The highest BCUT2D eigenvalue weighted by Crippen LogP contribution is 2.32. The van der Waals surface area contributed by atoms with E-state index in [1.165, 1.54) is 5.56 Å². The van der Waals surface area contributed by atoms with Crippen molar-refractivity contribution >= 4 is 5.57 Å². The van der Waals surface area contributed by atoms with E-state index in [0.29, 0.717) is 0 Å². The van der Waals surface area contributed by atoms with Crippen LogP contribution in [0.4, 0.5) is 0 Å². The number of benzene rings is 1. The van der Waals surface area contributed by atoms with Crippen LogP contribution < -0.4 is 0 Å². The van der Waals surface area contributed by atoms with E-state index in [-0.39, 0.29) is 5.41 Å². The second kappa shape index (κ2) is 5.61. The molecule has 0 atom stereocenters. The van der Waals surface area contributed by atoms with E-state index >= 15 is 0 Å². The van der Waals surface area contributed by atoms with Crippen LogP contribution in [-0.2, 0) is 7.05 Å². The molecule has 0 amide bonds. The third kappa shape index (κ3) is 3.44. The lowest BCUT2D eigenvalue weighted by molar-refractivity contribution is 0.568. The van der Waals surface area contributed by atoms with Crippen LogP contribution in [-0.4, -0.2) is 9.55 Å².